The Morgan fingerprint density at radius 3 is 2.26 bits per heavy atom. The molecule has 0 aromatic heterocycles. The zero-order valence-electron chi connectivity index (χ0n) is 10.6. The van der Waals surface area contributed by atoms with Crippen molar-refractivity contribution in [2.45, 2.75) is 68.6 Å². The van der Waals surface area contributed by atoms with E-state index in [1.807, 2.05) is 0 Å². The average Bonchev–Trinajstić information content (AvgIpc) is 2.41. The third-order valence-corrected chi connectivity index (χ3v) is 3.83. The minimum absolute atomic E-state index is 0.463. The maximum absolute atomic E-state index is 9.81. The summed E-state index contributed by atoms with van der Waals surface area (Å²) in [6.07, 6.45) is -4.36. The molecule has 7 heteroatoms. The Bertz CT molecular complexity index is 285. The second kappa shape index (κ2) is 6.45. The van der Waals surface area contributed by atoms with E-state index in [0.717, 1.165) is 12.8 Å². The van der Waals surface area contributed by atoms with E-state index in [1.54, 1.807) is 0 Å². The summed E-state index contributed by atoms with van der Waals surface area (Å²) >= 11 is 0. The molecule has 0 spiro atoms. The molecule has 0 amide bonds. The highest BCUT2D eigenvalue weighted by Gasteiger charge is 2.45. The van der Waals surface area contributed by atoms with Gasteiger partial charge in [0.25, 0.3) is 0 Å². The molecule has 1 unspecified atom stereocenters. The van der Waals surface area contributed by atoms with Crippen molar-refractivity contribution in [3.8, 4) is 0 Å². The number of hydrogen-bond donors (Lipinski definition) is 5. The Morgan fingerprint density at radius 2 is 1.63 bits per heavy atom. The zero-order valence-corrected chi connectivity index (χ0v) is 10.6. The lowest BCUT2D eigenvalue weighted by molar-refractivity contribution is -0.318. The first-order valence-corrected chi connectivity index (χ1v) is 6.68. The van der Waals surface area contributed by atoms with Gasteiger partial charge < -0.3 is 35.0 Å². The summed E-state index contributed by atoms with van der Waals surface area (Å²) in [4.78, 5) is 0. The first-order valence-electron chi connectivity index (χ1n) is 6.68. The first-order chi connectivity index (χ1) is 9.04. The SMILES string of the molecule is OC[C@H]1OC(O[C@@H]2CCCC[C@@H]2O)[C@H](O)[C@@H](O)[C@@H]1O. The lowest BCUT2D eigenvalue weighted by Gasteiger charge is -2.42. The van der Waals surface area contributed by atoms with Crippen LogP contribution in [0.15, 0.2) is 0 Å². The maximum atomic E-state index is 9.81. The molecule has 112 valence electrons. The quantitative estimate of drug-likeness (QED) is 0.409. The molecule has 0 aromatic carbocycles. The second-order valence-corrected chi connectivity index (χ2v) is 5.22. The second-order valence-electron chi connectivity index (χ2n) is 5.22. The Morgan fingerprint density at radius 1 is 0.947 bits per heavy atom. The summed E-state index contributed by atoms with van der Waals surface area (Å²) in [5.41, 5.74) is 0. The largest absolute Gasteiger partial charge is 0.394 e. The smallest absolute Gasteiger partial charge is 0.187 e. The fourth-order valence-electron chi connectivity index (χ4n) is 2.59. The van der Waals surface area contributed by atoms with Crippen LogP contribution in [0.1, 0.15) is 25.7 Å². The summed E-state index contributed by atoms with van der Waals surface area (Å²) in [6, 6.07) is 0. The Hall–Kier alpha value is -0.280. The zero-order chi connectivity index (χ0) is 14.0. The summed E-state index contributed by atoms with van der Waals surface area (Å²) in [5, 5.41) is 47.9. The number of hydrogen-bond acceptors (Lipinski definition) is 7. The van der Waals surface area contributed by atoms with Gasteiger partial charge in [0.1, 0.15) is 24.4 Å². The molecule has 1 saturated heterocycles. The van der Waals surface area contributed by atoms with Crippen molar-refractivity contribution in [2.75, 3.05) is 6.61 Å². The fourth-order valence-corrected chi connectivity index (χ4v) is 2.59. The third kappa shape index (κ3) is 3.25. The van der Waals surface area contributed by atoms with Crippen LogP contribution in [-0.2, 0) is 9.47 Å². The molecule has 1 aliphatic heterocycles. The van der Waals surface area contributed by atoms with Crippen LogP contribution >= 0.6 is 0 Å². The van der Waals surface area contributed by atoms with Crippen LogP contribution < -0.4 is 0 Å². The average molecular weight is 278 g/mol. The minimum atomic E-state index is -1.45. The van der Waals surface area contributed by atoms with E-state index >= 15 is 0 Å². The minimum Gasteiger partial charge on any atom is -0.394 e. The maximum Gasteiger partial charge on any atom is 0.187 e. The van der Waals surface area contributed by atoms with Crippen LogP contribution in [0.5, 0.6) is 0 Å². The van der Waals surface area contributed by atoms with Gasteiger partial charge in [-0.05, 0) is 12.8 Å². The summed E-state index contributed by atoms with van der Waals surface area (Å²) < 4.78 is 10.7. The van der Waals surface area contributed by atoms with Gasteiger partial charge >= 0.3 is 0 Å². The molecule has 1 saturated carbocycles. The summed E-state index contributed by atoms with van der Waals surface area (Å²) in [5.74, 6) is 0. The lowest BCUT2D eigenvalue weighted by atomic mass is 9.94. The number of aliphatic hydroxyl groups excluding tert-OH is 5. The van der Waals surface area contributed by atoms with Crippen LogP contribution in [-0.4, -0.2) is 75.1 Å². The van der Waals surface area contributed by atoms with Gasteiger partial charge in [0.2, 0.25) is 0 Å². The lowest BCUT2D eigenvalue weighted by Crippen LogP contribution is -2.60. The van der Waals surface area contributed by atoms with Crippen LogP contribution in [0.2, 0.25) is 0 Å². The van der Waals surface area contributed by atoms with Crippen molar-refractivity contribution in [1.82, 2.24) is 0 Å². The highest BCUT2D eigenvalue weighted by molar-refractivity contribution is 4.89. The highest BCUT2D eigenvalue weighted by Crippen LogP contribution is 2.27. The molecule has 7 nitrogen and oxygen atoms in total. The fraction of sp³-hybridized carbons (Fsp3) is 1.00. The third-order valence-electron chi connectivity index (χ3n) is 3.83. The molecule has 1 aliphatic carbocycles. The van der Waals surface area contributed by atoms with Gasteiger partial charge in [0.05, 0.1) is 18.8 Å². The van der Waals surface area contributed by atoms with Gasteiger partial charge in [0.15, 0.2) is 6.29 Å². The van der Waals surface area contributed by atoms with Gasteiger partial charge in [0, 0.05) is 0 Å². The Balaban J connectivity index is 1.98. The normalized spacial score (nSPS) is 48.2. The van der Waals surface area contributed by atoms with Crippen LogP contribution in [0.4, 0.5) is 0 Å². The van der Waals surface area contributed by atoms with Crippen LogP contribution in [0.3, 0.4) is 0 Å². The summed E-state index contributed by atoms with van der Waals surface area (Å²) in [7, 11) is 0. The number of aliphatic hydroxyl groups is 5. The Kier molecular flexibility index (Phi) is 5.13. The van der Waals surface area contributed by atoms with Crippen molar-refractivity contribution in [2.24, 2.45) is 0 Å². The molecule has 5 N–H and O–H groups in total. The topological polar surface area (TPSA) is 120 Å². The number of ether oxygens (including phenoxy) is 2. The molecular weight excluding hydrogens is 256 g/mol. The van der Waals surface area contributed by atoms with Crippen LogP contribution in [0, 0.1) is 0 Å². The predicted octanol–water partition coefficient (Wildman–Crippen LogP) is -1.89. The van der Waals surface area contributed by atoms with E-state index in [1.165, 1.54) is 0 Å². The molecule has 2 rings (SSSR count). The van der Waals surface area contributed by atoms with E-state index < -0.39 is 49.5 Å². The monoisotopic (exact) mass is 278 g/mol. The van der Waals surface area contributed by atoms with Crippen LogP contribution in [0.25, 0.3) is 0 Å². The molecule has 2 fully saturated rings. The van der Waals surface area contributed by atoms with E-state index in [9.17, 15) is 20.4 Å². The molecular formula is C12H22O7. The molecule has 19 heavy (non-hydrogen) atoms. The highest BCUT2D eigenvalue weighted by atomic mass is 16.7. The molecule has 1 heterocycles. The van der Waals surface area contributed by atoms with Crippen molar-refractivity contribution in [3.05, 3.63) is 0 Å². The van der Waals surface area contributed by atoms with Crippen molar-refractivity contribution >= 4 is 0 Å². The molecule has 0 bridgehead atoms. The van der Waals surface area contributed by atoms with Gasteiger partial charge in [-0.2, -0.15) is 0 Å². The molecule has 7 atom stereocenters. The van der Waals surface area contributed by atoms with Crippen molar-refractivity contribution < 1.29 is 35.0 Å². The Labute approximate surface area is 111 Å². The molecule has 2 aliphatic rings. The van der Waals surface area contributed by atoms with Crippen molar-refractivity contribution in [3.63, 3.8) is 0 Å². The van der Waals surface area contributed by atoms with Gasteiger partial charge in [-0.3, -0.25) is 0 Å². The molecule has 0 aromatic rings. The number of rotatable bonds is 3. The van der Waals surface area contributed by atoms with Gasteiger partial charge in [-0.15, -0.1) is 0 Å². The molecule has 0 radical (unpaired) electrons. The predicted molar refractivity (Wildman–Crippen MR) is 63.1 cm³/mol. The first kappa shape index (κ1) is 15.1. The van der Waals surface area contributed by atoms with Gasteiger partial charge in [-0.25, -0.2) is 0 Å². The van der Waals surface area contributed by atoms with E-state index in [0.29, 0.717) is 12.8 Å². The van der Waals surface area contributed by atoms with E-state index in [4.69, 9.17) is 14.6 Å². The standard InChI is InChI=1S/C12H22O7/c13-5-8-9(15)10(16)11(17)12(19-8)18-7-4-2-1-3-6(7)14/h6-17H,1-5H2/t6-,7+,8+,9+,10-,11+,12?/m0/s1. The summed E-state index contributed by atoms with van der Waals surface area (Å²) in [6.45, 7) is -0.488. The van der Waals surface area contributed by atoms with E-state index in [2.05, 4.69) is 0 Å². The van der Waals surface area contributed by atoms with Gasteiger partial charge in [-0.1, -0.05) is 12.8 Å². The van der Waals surface area contributed by atoms with Crippen molar-refractivity contribution in [1.29, 1.82) is 0 Å². The van der Waals surface area contributed by atoms with E-state index in [-0.39, 0.29) is 0 Å².